The van der Waals surface area contributed by atoms with Crippen LogP contribution in [0.2, 0.25) is 0 Å². The molecule has 0 fully saturated rings. The van der Waals surface area contributed by atoms with Gasteiger partial charge in [-0.15, -0.1) is 10.2 Å². The number of imidazole rings is 1. The summed E-state index contributed by atoms with van der Waals surface area (Å²) >= 11 is 0. The smallest absolute Gasteiger partial charge is 0.205 e. The molecule has 0 spiro atoms. The standard InChI is InChI=1S/C24H23N7/c1-2-3-9-21-22(31-23(26-21)10-6-15-25-31)16-17-11-13-18(14-12-17)19-7-4-5-8-20(19)24-27-29-30-28-24/h4-8,10-15H,2-3,9,16H2,1H3,(H,27,28,29,30). The number of aryl methyl sites for hydroxylation is 1. The number of aromatic nitrogens is 7. The second-order valence-corrected chi connectivity index (χ2v) is 7.56. The summed E-state index contributed by atoms with van der Waals surface area (Å²) in [4.78, 5) is 4.83. The summed E-state index contributed by atoms with van der Waals surface area (Å²) < 4.78 is 1.98. The Kier molecular flexibility index (Phi) is 5.22. The van der Waals surface area contributed by atoms with E-state index < -0.39 is 0 Å². The van der Waals surface area contributed by atoms with Crippen molar-refractivity contribution in [2.75, 3.05) is 0 Å². The van der Waals surface area contributed by atoms with Crippen LogP contribution in [0.3, 0.4) is 0 Å². The highest BCUT2D eigenvalue weighted by molar-refractivity contribution is 5.80. The van der Waals surface area contributed by atoms with Crippen molar-refractivity contribution in [2.45, 2.75) is 32.6 Å². The first-order valence-corrected chi connectivity index (χ1v) is 10.6. The van der Waals surface area contributed by atoms with Gasteiger partial charge in [0.1, 0.15) is 0 Å². The molecular formula is C24H23N7. The minimum Gasteiger partial charge on any atom is -0.232 e. The van der Waals surface area contributed by atoms with Crippen LogP contribution in [0.25, 0.3) is 28.2 Å². The number of hydrogen-bond acceptors (Lipinski definition) is 5. The van der Waals surface area contributed by atoms with Crippen molar-refractivity contribution < 1.29 is 0 Å². The van der Waals surface area contributed by atoms with Crippen molar-refractivity contribution in [1.82, 2.24) is 35.2 Å². The lowest BCUT2D eigenvalue weighted by molar-refractivity contribution is 0.765. The molecule has 0 aliphatic carbocycles. The fourth-order valence-corrected chi connectivity index (χ4v) is 3.90. The van der Waals surface area contributed by atoms with Crippen LogP contribution in [0, 0.1) is 0 Å². The van der Waals surface area contributed by atoms with Crippen LogP contribution in [0.4, 0.5) is 0 Å². The summed E-state index contributed by atoms with van der Waals surface area (Å²) in [5, 5.41) is 19.0. The largest absolute Gasteiger partial charge is 0.232 e. The lowest BCUT2D eigenvalue weighted by Gasteiger charge is -2.09. The highest BCUT2D eigenvalue weighted by Crippen LogP contribution is 2.30. The number of fused-ring (bicyclic) bond motifs is 1. The van der Waals surface area contributed by atoms with Gasteiger partial charge in [-0.25, -0.2) is 9.50 Å². The Bertz CT molecular complexity index is 1290. The van der Waals surface area contributed by atoms with E-state index in [1.807, 2.05) is 41.0 Å². The molecule has 7 nitrogen and oxygen atoms in total. The fraction of sp³-hybridized carbons (Fsp3) is 0.208. The fourth-order valence-electron chi connectivity index (χ4n) is 3.90. The van der Waals surface area contributed by atoms with E-state index in [-0.39, 0.29) is 0 Å². The van der Waals surface area contributed by atoms with Gasteiger partial charge >= 0.3 is 0 Å². The Labute approximate surface area is 180 Å². The minimum atomic E-state index is 0.594. The van der Waals surface area contributed by atoms with Gasteiger partial charge in [0.05, 0.1) is 11.4 Å². The molecule has 0 aliphatic rings. The molecule has 3 heterocycles. The molecule has 5 rings (SSSR count). The zero-order valence-electron chi connectivity index (χ0n) is 17.4. The van der Waals surface area contributed by atoms with Crippen LogP contribution < -0.4 is 0 Å². The maximum absolute atomic E-state index is 4.83. The van der Waals surface area contributed by atoms with E-state index in [9.17, 15) is 0 Å². The molecule has 31 heavy (non-hydrogen) atoms. The molecule has 0 atom stereocenters. The highest BCUT2D eigenvalue weighted by Gasteiger charge is 2.14. The van der Waals surface area contributed by atoms with E-state index in [2.05, 4.69) is 63.0 Å². The van der Waals surface area contributed by atoms with Gasteiger partial charge in [-0.2, -0.15) is 10.3 Å². The van der Waals surface area contributed by atoms with Gasteiger partial charge in [-0.3, -0.25) is 0 Å². The van der Waals surface area contributed by atoms with Crippen molar-refractivity contribution in [3.63, 3.8) is 0 Å². The Morgan fingerprint density at radius 3 is 2.55 bits per heavy atom. The number of unbranched alkanes of at least 4 members (excludes halogenated alkanes) is 1. The first-order valence-electron chi connectivity index (χ1n) is 10.6. The van der Waals surface area contributed by atoms with Crippen LogP contribution in [-0.4, -0.2) is 35.2 Å². The zero-order chi connectivity index (χ0) is 21.0. The van der Waals surface area contributed by atoms with Crippen molar-refractivity contribution in [2.24, 2.45) is 0 Å². The molecule has 0 bridgehead atoms. The molecule has 0 saturated heterocycles. The highest BCUT2D eigenvalue weighted by atomic mass is 15.5. The van der Waals surface area contributed by atoms with Gasteiger partial charge in [-0.1, -0.05) is 61.9 Å². The predicted octanol–water partition coefficient (Wildman–Crippen LogP) is 4.51. The Hall–Kier alpha value is -3.87. The molecule has 0 radical (unpaired) electrons. The number of nitrogens with one attached hydrogen (secondary N) is 1. The van der Waals surface area contributed by atoms with E-state index in [4.69, 9.17) is 4.98 Å². The van der Waals surface area contributed by atoms with E-state index in [1.54, 1.807) is 0 Å². The third kappa shape index (κ3) is 3.82. The van der Waals surface area contributed by atoms with Crippen LogP contribution in [-0.2, 0) is 12.8 Å². The number of hydrogen-bond donors (Lipinski definition) is 1. The average Bonchev–Trinajstić information content (AvgIpc) is 3.47. The topological polar surface area (TPSA) is 84.6 Å². The van der Waals surface area contributed by atoms with Gasteiger partial charge in [0.2, 0.25) is 5.82 Å². The van der Waals surface area contributed by atoms with Crippen molar-refractivity contribution in [1.29, 1.82) is 0 Å². The molecule has 3 aromatic heterocycles. The van der Waals surface area contributed by atoms with Crippen molar-refractivity contribution >= 4 is 5.65 Å². The van der Waals surface area contributed by atoms with Gasteiger partial charge in [0, 0.05) is 18.2 Å². The second-order valence-electron chi connectivity index (χ2n) is 7.56. The lowest BCUT2D eigenvalue weighted by atomic mass is 9.97. The monoisotopic (exact) mass is 409 g/mol. The molecule has 5 aromatic rings. The SMILES string of the molecule is CCCCc1nc2cccnn2c1Cc1ccc(-c2ccccc2-c2nn[nH]n2)cc1. The van der Waals surface area contributed by atoms with Gasteiger partial charge < -0.3 is 0 Å². The quantitative estimate of drug-likeness (QED) is 0.427. The molecule has 1 N–H and O–H groups in total. The number of H-pyrrole nitrogens is 1. The second kappa shape index (κ2) is 8.47. The third-order valence-corrected chi connectivity index (χ3v) is 5.49. The summed E-state index contributed by atoms with van der Waals surface area (Å²) in [5.74, 6) is 0.594. The first-order chi connectivity index (χ1) is 15.3. The molecular weight excluding hydrogens is 386 g/mol. The van der Waals surface area contributed by atoms with E-state index >= 15 is 0 Å². The number of tetrazole rings is 1. The summed E-state index contributed by atoms with van der Waals surface area (Å²) in [5.41, 5.74) is 7.61. The molecule has 0 aliphatic heterocycles. The van der Waals surface area contributed by atoms with Gasteiger partial charge in [0.15, 0.2) is 5.65 Å². The summed E-state index contributed by atoms with van der Waals surface area (Å²) in [6, 6.07) is 20.7. The third-order valence-electron chi connectivity index (χ3n) is 5.49. The van der Waals surface area contributed by atoms with E-state index in [0.29, 0.717) is 5.82 Å². The molecule has 0 saturated carbocycles. The number of aromatic amines is 1. The predicted molar refractivity (Wildman–Crippen MR) is 119 cm³/mol. The molecule has 2 aromatic carbocycles. The maximum Gasteiger partial charge on any atom is 0.205 e. The van der Waals surface area contributed by atoms with Gasteiger partial charge in [-0.05, 0) is 46.9 Å². The summed E-state index contributed by atoms with van der Waals surface area (Å²) in [6.07, 6.45) is 5.87. The van der Waals surface area contributed by atoms with E-state index in [1.165, 1.54) is 11.3 Å². The van der Waals surface area contributed by atoms with E-state index in [0.717, 1.165) is 53.7 Å². The Morgan fingerprint density at radius 2 is 1.77 bits per heavy atom. The normalized spacial score (nSPS) is 11.3. The average molecular weight is 409 g/mol. The summed E-state index contributed by atoms with van der Waals surface area (Å²) in [6.45, 7) is 2.21. The van der Waals surface area contributed by atoms with Gasteiger partial charge in [0.25, 0.3) is 0 Å². The number of benzene rings is 2. The molecule has 0 amide bonds. The Morgan fingerprint density at radius 1 is 0.935 bits per heavy atom. The zero-order valence-corrected chi connectivity index (χ0v) is 17.4. The van der Waals surface area contributed by atoms with Crippen LogP contribution in [0.15, 0.2) is 66.9 Å². The first kappa shape index (κ1) is 19.1. The number of nitrogens with zero attached hydrogens (tertiary/aromatic N) is 6. The number of rotatable bonds is 7. The molecule has 7 heteroatoms. The minimum absolute atomic E-state index is 0.594. The maximum atomic E-state index is 4.83. The molecule has 154 valence electrons. The van der Waals surface area contributed by atoms with Crippen LogP contribution >= 0.6 is 0 Å². The lowest BCUT2D eigenvalue weighted by Crippen LogP contribution is -2.01. The van der Waals surface area contributed by atoms with Crippen molar-refractivity contribution in [3.05, 3.63) is 83.8 Å². The summed E-state index contributed by atoms with van der Waals surface area (Å²) in [7, 11) is 0. The van der Waals surface area contributed by atoms with Crippen molar-refractivity contribution in [3.8, 4) is 22.5 Å². The molecule has 0 unspecified atom stereocenters. The van der Waals surface area contributed by atoms with Crippen LogP contribution in [0.1, 0.15) is 36.7 Å². The Balaban J connectivity index is 1.46. The van der Waals surface area contributed by atoms with Crippen LogP contribution in [0.5, 0.6) is 0 Å².